The maximum Gasteiger partial charge on any atom is 0.289 e. The summed E-state index contributed by atoms with van der Waals surface area (Å²) in [5, 5.41) is 10.8. The van der Waals surface area contributed by atoms with E-state index in [9.17, 15) is 23.3 Å². The predicted octanol–water partition coefficient (Wildman–Crippen LogP) is 3.18. The van der Waals surface area contributed by atoms with Crippen molar-refractivity contribution in [1.29, 1.82) is 0 Å². The topological polar surface area (TPSA) is 110 Å². The van der Waals surface area contributed by atoms with Crippen LogP contribution in [0.15, 0.2) is 47.4 Å². The fraction of sp³-hybridized carbons (Fsp3) is 0.188. The molecule has 3 rings (SSSR count). The van der Waals surface area contributed by atoms with Gasteiger partial charge in [0.25, 0.3) is 15.7 Å². The summed E-state index contributed by atoms with van der Waals surface area (Å²) in [7, 11) is -4.06. The van der Waals surface area contributed by atoms with Gasteiger partial charge in [0, 0.05) is 24.7 Å². The Balaban J connectivity index is 1.89. The fourth-order valence-corrected chi connectivity index (χ4v) is 3.93. The van der Waals surface area contributed by atoms with Crippen molar-refractivity contribution in [2.24, 2.45) is 0 Å². The molecule has 1 aliphatic heterocycles. The Morgan fingerprint density at radius 3 is 2.62 bits per heavy atom. The van der Waals surface area contributed by atoms with E-state index in [1.54, 1.807) is 23.1 Å². The van der Waals surface area contributed by atoms with Crippen LogP contribution in [0.3, 0.4) is 0 Å². The van der Waals surface area contributed by atoms with E-state index in [0.29, 0.717) is 18.7 Å². The lowest BCUT2D eigenvalue weighted by atomic mass is 10.2. The molecule has 0 aromatic heterocycles. The highest BCUT2D eigenvalue weighted by Crippen LogP contribution is 2.29. The quantitative estimate of drug-likeness (QED) is 0.617. The standard InChI is InChI=1S/C16H14ClN3O5S/c17-14-7-6-13(10-15(14)20(22)23)26(24,25)18-11-3-1-4-12(9-11)19-8-2-5-16(19)21/h1,3-4,6-7,9-10,18H,2,5,8H2. The van der Waals surface area contributed by atoms with Gasteiger partial charge in [-0.2, -0.15) is 0 Å². The first kappa shape index (κ1) is 18.2. The summed E-state index contributed by atoms with van der Waals surface area (Å²) >= 11 is 5.71. The lowest BCUT2D eigenvalue weighted by molar-refractivity contribution is -0.384. The van der Waals surface area contributed by atoms with Crippen molar-refractivity contribution in [3.05, 3.63) is 57.6 Å². The van der Waals surface area contributed by atoms with E-state index >= 15 is 0 Å². The number of halogens is 1. The number of carbonyl (C=O) groups excluding carboxylic acids is 1. The predicted molar refractivity (Wildman–Crippen MR) is 96.9 cm³/mol. The summed E-state index contributed by atoms with van der Waals surface area (Å²) in [6.45, 7) is 0.582. The summed E-state index contributed by atoms with van der Waals surface area (Å²) in [6, 6.07) is 9.67. The van der Waals surface area contributed by atoms with Gasteiger partial charge >= 0.3 is 0 Å². The third-order valence-electron chi connectivity index (χ3n) is 3.91. The smallest absolute Gasteiger partial charge is 0.289 e. The Labute approximate surface area is 154 Å². The van der Waals surface area contributed by atoms with E-state index in [4.69, 9.17) is 11.6 Å². The SMILES string of the molecule is O=C1CCCN1c1cccc(NS(=O)(=O)c2ccc(Cl)c([N+](=O)[O-])c2)c1. The second-order valence-electron chi connectivity index (χ2n) is 5.68. The zero-order chi connectivity index (χ0) is 18.9. The van der Waals surface area contributed by atoms with Crippen LogP contribution in [0, 0.1) is 10.1 Å². The van der Waals surface area contributed by atoms with E-state index in [0.717, 1.165) is 18.6 Å². The monoisotopic (exact) mass is 395 g/mol. The van der Waals surface area contributed by atoms with Crippen LogP contribution in [0.25, 0.3) is 0 Å². The first-order chi connectivity index (χ1) is 12.3. The number of nitrogens with one attached hydrogen (secondary N) is 1. The van der Waals surface area contributed by atoms with Gasteiger partial charge in [-0.05, 0) is 36.8 Å². The van der Waals surface area contributed by atoms with Crippen LogP contribution in [-0.4, -0.2) is 25.8 Å². The molecule has 0 unspecified atom stereocenters. The van der Waals surface area contributed by atoms with E-state index < -0.39 is 20.6 Å². The molecule has 1 aliphatic rings. The molecule has 0 radical (unpaired) electrons. The van der Waals surface area contributed by atoms with Gasteiger partial charge < -0.3 is 4.90 Å². The Kier molecular flexibility index (Phi) is 4.84. The van der Waals surface area contributed by atoms with Crippen molar-refractivity contribution < 1.29 is 18.1 Å². The maximum absolute atomic E-state index is 12.5. The van der Waals surface area contributed by atoms with E-state index in [-0.39, 0.29) is 21.5 Å². The second-order valence-corrected chi connectivity index (χ2v) is 7.76. The normalized spacial score (nSPS) is 14.5. The number of hydrogen-bond donors (Lipinski definition) is 1. The first-order valence-corrected chi connectivity index (χ1v) is 9.51. The summed E-state index contributed by atoms with van der Waals surface area (Å²) in [5.41, 5.74) is 0.348. The summed E-state index contributed by atoms with van der Waals surface area (Å²) in [5.74, 6) is -0.0154. The number of nitro groups is 1. The number of hydrogen-bond acceptors (Lipinski definition) is 5. The number of carbonyl (C=O) groups is 1. The molecule has 0 spiro atoms. The molecule has 2 aromatic carbocycles. The van der Waals surface area contributed by atoms with Crippen LogP contribution >= 0.6 is 11.6 Å². The highest BCUT2D eigenvalue weighted by atomic mass is 35.5. The molecule has 1 fully saturated rings. The van der Waals surface area contributed by atoms with Crippen molar-refractivity contribution in [3.8, 4) is 0 Å². The van der Waals surface area contributed by atoms with Crippen LogP contribution in [0.2, 0.25) is 5.02 Å². The minimum absolute atomic E-state index is 0.0154. The molecule has 1 N–H and O–H groups in total. The van der Waals surface area contributed by atoms with E-state index in [2.05, 4.69) is 4.72 Å². The van der Waals surface area contributed by atoms with Crippen LogP contribution in [0.5, 0.6) is 0 Å². The average Bonchev–Trinajstić information content (AvgIpc) is 3.00. The van der Waals surface area contributed by atoms with Gasteiger partial charge in [-0.1, -0.05) is 17.7 Å². The van der Waals surface area contributed by atoms with Crippen molar-refractivity contribution in [2.75, 3.05) is 16.2 Å². The number of anilines is 2. The molecule has 10 heteroatoms. The molecule has 0 saturated carbocycles. The van der Waals surface area contributed by atoms with Crippen molar-refractivity contribution >= 4 is 44.6 Å². The molecule has 26 heavy (non-hydrogen) atoms. The fourth-order valence-electron chi connectivity index (χ4n) is 2.67. The lowest BCUT2D eigenvalue weighted by Gasteiger charge is -2.17. The summed E-state index contributed by atoms with van der Waals surface area (Å²) < 4.78 is 27.4. The Bertz CT molecular complexity index is 993. The molecule has 1 amide bonds. The van der Waals surface area contributed by atoms with Crippen molar-refractivity contribution in [3.63, 3.8) is 0 Å². The maximum atomic E-state index is 12.5. The highest BCUT2D eigenvalue weighted by Gasteiger charge is 2.23. The first-order valence-electron chi connectivity index (χ1n) is 7.65. The van der Waals surface area contributed by atoms with Crippen LogP contribution < -0.4 is 9.62 Å². The van der Waals surface area contributed by atoms with Crippen LogP contribution in [0.1, 0.15) is 12.8 Å². The van der Waals surface area contributed by atoms with Gasteiger partial charge in [-0.15, -0.1) is 0 Å². The van der Waals surface area contributed by atoms with E-state index in [1.165, 1.54) is 12.1 Å². The summed E-state index contributed by atoms with van der Waals surface area (Å²) in [6.07, 6.45) is 1.22. The molecule has 0 bridgehead atoms. The molecule has 0 atom stereocenters. The molecule has 2 aromatic rings. The summed E-state index contributed by atoms with van der Waals surface area (Å²) in [4.78, 5) is 23.3. The van der Waals surface area contributed by atoms with Gasteiger partial charge in [0.1, 0.15) is 5.02 Å². The number of rotatable bonds is 5. The minimum Gasteiger partial charge on any atom is -0.312 e. The van der Waals surface area contributed by atoms with Gasteiger partial charge in [0.05, 0.1) is 15.5 Å². The number of amides is 1. The zero-order valence-electron chi connectivity index (χ0n) is 13.4. The molecular formula is C16H14ClN3O5S. The third-order valence-corrected chi connectivity index (χ3v) is 5.61. The second kappa shape index (κ2) is 6.93. The van der Waals surface area contributed by atoms with Crippen molar-refractivity contribution in [1.82, 2.24) is 0 Å². The van der Waals surface area contributed by atoms with Gasteiger partial charge in [0.2, 0.25) is 5.91 Å². The number of nitro benzene ring substituents is 1. The number of sulfonamides is 1. The number of nitrogens with zero attached hydrogens (tertiary/aromatic N) is 2. The van der Waals surface area contributed by atoms with Gasteiger partial charge in [-0.25, -0.2) is 8.42 Å². The molecule has 8 nitrogen and oxygen atoms in total. The molecule has 1 heterocycles. The Hall–Kier alpha value is -2.65. The molecule has 0 aliphatic carbocycles. The average molecular weight is 396 g/mol. The van der Waals surface area contributed by atoms with Gasteiger partial charge in [0.15, 0.2) is 0 Å². The minimum atomic E-state index is -4.06. The van der Waals surface area contributed by atoms with Crippen molar-refractivity contribution in [2.45, 2.75) is 17.7 Å². The largest absolute Gasteiger partial charge is 0.312 e. The van der Waals surface area contributed by atoms with E-state index in [1.807, 2.05) is 0 Å². The molecule has 1 saturated heterocycles. The Morgan fingerprint density at radius 2 is 1.96 bits per heavy atom. The Morgan fingerprint density at radius 1 is 1.19 bits per heavy atom. The molecule has 136 valence electrons. The third kappa shape index (κ3) is 3.63. The van der Waals surface area contributed by atoms with Crippen LogP contribution in [-0.2, 0) is 14.8 Å². The zero-order valence-corrected chi connectivity index (χ0v) is 15.0. The van der Waals surface area contributed by atoms with Gasteiger partial charge in [-0.3, -0.25) is 19.6 Å². The molecular weight excluding hydrogens is 382 g/mol. The number of benzene rings is 2. The van der Waals surface area contributed by atoms with Crippen LogP contribution in [0.4, 0.5) is 17.1 Å². The highest BCUT2D eigenvalue weighted by molar-refractivity contribution is 7.92. The lowest BCUT2D eigenvalue weighted by Crippen LogP contribution is -2.23.